The highest BCUT2D eigenvalue weighted by Gasteiger charge is 2.17. The number of aromatic nitrogens is 2. The Bertz CT molecular complexity index is 349. The molecular weight excluding hydrogens is 210 g/mol. The van der Waals surface area contributed by atoms with Crippen LogP contribution in [0.4, 0.5) is 12.0 Å². The highest BCUT2D eigenvalue weighted by atomic mass is 16.4. The van der Waals surface area contributed by atoms with Crippen molar-refractivity contribution in [1.29, 1.82) is 0 Å². The zero-order chi connectivity index (χ0) is 12.1. The molecule has 90 valence electrons. The van der Waals surface area contributed by atoms with E-state index in [4.69, 9.17) is 10.2 Å². The fourth-order valence-corrected chi connectivity index (χ4v) is 1.17. The Morgan fingerprint density at radius 2 is 2.12 bits per heavy atom. The predicted molar refractivity (Wildman–Crippen MR) is 59.9 cm³/mol. The van der Waals surface area contributed by atoms with Gasteiger partial charge in [0, 0.05) is 20.6 Å². The number of hydrogen-bond acceptors (Lipinski definition) is 6. The largest absolute Gasteiger partial charge is 0.390 e. The number of anilines is 2. The zero-order valence-electron chi connectivity index (χ0n) is 9.80. The number of carbonyl (C=O) groups excluding carboxylic acids is 1. The highest BCUT2D eigenvalue weighted by Crippen LogP contribution is 2.13. The molecule has 0 aromatic carbocycles. The Kier molecular flexibility index (Phi) is 4.10. The maximum atomic E-state index is 11.6. The fourth-order valence-electron chi connectivity index (χ4n) is 1.17. The van der Waals surface area contributed by atoms with E-state index in [2.05, 4.69) is 10.2 Å². The van der Waals surface area contributed by atoms with Crippen molar-refractivity contribution in [3.8, 4) is 0 Å². The van der Waals surface area contributed by atoms with Gasteiger partial charge >= 0.3 is 12.0 Å². The molecule has 0 radical (unpaired) electrons. The number of amides is 1. The van der Waals surface area contributed by atoms with Gasteiger partial charge in [0.1, 0.15) is 6.54 Å². The molecule has 2 N–H and O–H groups in total. The van der Waals surface area contributed by atoms with Gasteiger partial charge in [-0.3, -0.25) is 4.79 Å². The first-order valence-corrected chi connectivity index (χ1v) is 5.08. The van der Waals surface area contributed by atoms with Gasteiger partial charge in [-0.2, -0.15) is 0 Å². The van der Waals surface area contributed by atoms with Crippen LogP contribution in [0.5, 0.6) is 0 Å². The third kappa shape index (κ3) is 3.11. The van der Waals surface area contributed by atoms with E-state index in [9.17, 15) is 4.79 Å². The van der Waals surface area contributed by atoms with Crippen LogP contribution >= 0.6 is 0 Å². The highest BCUT2D eigenvalue weighted by molar-refractivity contribution is 5.80. The molecule has 1 aromatic rings. The van der Waals surface area contributed by atoms with Crippen LogP contribution in [0, 0.1) is 0 Å². The van der Waals surface area contributed by atoms with Crippen molar-refractivity contribution in [2.24, 2.45) is 0 Å². The second kappa shape index (κ2) is 5.34. The lowest BCUT2D eigenvalue weighted by Crippen LogP contribution is -2.37. The first-order chi connectivity index (χ1) is 7.54. The van der Waals surface area contributed by atoms with Crippen LogP contribution < -0.4 is 10.6 Å². The van der Waals surface area contributed by atoms with Gasteiger partial charge in [-0.05, 0) is 6.42 Å². The molecular formula is C9H17N5O2. The third-order valence-corrected chi connectivity index (χ3v) is 2.02. The molecule has 0 aliphatic heterocycles. The molecule has 0 fully saturated rings. The lowest BCUT2D eigenvalue weighted by molar-refractivity contribution is -0.127. The van der Waals surface area contributed by atoms with E-state index in [0.717, 1.165) is 6.42 Å². The molecule has 0 saturated carbocycles. The van der Waals surface area contributed by atoms with E-state index in [1.54, 1.807) is 19.0 Å². The summed E-state index contributed by atoms with van der Waals surface area (Å²) in [6.45, 7) is 2.89. The molecule has 0 saturated heterocycles. The van der Waals surface area contributed by atoms with Crippen LogP contribution in [-0.2, 0) is 4.79 Å². The Labute approximate surface area is 94.2 Å². The van der Waals surface area contributed by atoms with E-state index in [1.807, 2.05) is 6.92 Å². The van der Waals surface area contributed by atoms with Crippen LogP contribution in [0.3, 0.4) is 0 Å². The van der Waals surface area contributed by atoms with Crippen molar-refractivity contribution in [2.75, 3.05) is 37.8 Å². The summed E-state index contributed by atoms with van der Waals surface area (Å²) in [5.74, 6) is -0.0229. The first-order valence-electron chi connectivity index (χ1n) is 5.08. The Morgan fingerprint density at radius 3 is 2.56 bits per heavy atom. The van der Waals surface area contributed by atoms with Crippen LogP contribution in [0.1, 0.15) is 13.3 Å². The lowest BCUT2D eigenvalue weighted by atomic mass is 10.4. The first kappa shape index (κ1) is 12.3. The molecule has 16 heavy (non-hydrogen) atoms. The van der Waals surface area contributed by atoms with Gasteiger partial charge in [-0.15, -0.1) is 0 Å². The normalized spacial score (nSPS) is 10.2. The Hall–Kier alpha value is -1.79. The Balaban J connectivity index is 2.71. The van der Waals surface area contributed by atoms with Crippen LogP contribution in [-0.4, -0.2) is 48.2 Å². The summed E-state index contributed by atoms with van der Waals surface area (Å²) in [4.78, 5) is 14.8. The topological polar surface area (TPSA) is 88.5 Å². The van der Waals surface area contributed by atoms with Crippen molar-refractivity contribution in [2.45, 2.75) is 13.3 Å². The molecule has 0 unspecified atom stereocenters. The van der Waals surface area contributed by atoms with Crippen LogP contribution in [0.15, 0.2) is 4.42 Å². The number of nitrogens with zero attached hydrogens (tertiary/aromatic N) is 4. The second-order valence-corrected chi connectivity index (χ2v) is 3.63. The number of likely N-dealkylation sites (N-methyl/N-ethyl adjacent to an activating group) is 1. The summed E-state index contributed by atoms with van der Waals surface area (Å²) >= 11 is 0. The molecule has 1 aromatic heterocycles. The molecule has 0 bridgehead atoms. The summed E-state index contributed by atoms with van der Waals surface area (Å²) < 4.78 is 5.09. The predicted octanol–water partition coefficient (Wildman–Crippen LogP) is -0.0436. The van der Waals surface area contributed by atoms with E-state index in [-0.39, 0.29) is 24.5 Å². The molecule has 0 aliphatic rings. The van der Waals surface area contributed by atoms with E-state index < -0.39 is 0 Å². The van der Waals surface area contributed by atoms with Crippen molar-refractivity contribution >= 4 is 17.9 Å². The van der Waals surface area contributed by atoms with Gasteiger partial charge in [-0.25, -0.2) is 0 Å². The third-order valence-electron chi connectivity index (χ3n) is 2.02. The molecule has 0 atom stereocenters. The summed E-state index contributed by atoms with van der Waals surface area (Å²) in [5, 5.41) is 7.33. The zero-order valence-corrected chi connectivity index (χ0v) is 9.80. The van der Waals surface area contributed by atoms with Crippen molar-refractivity contribution in [1.82, 2.24) is 15.1 Å². The van der Waals surface area contributed by atoms with E-state index in [1.165, 1.54) is 4.90 Å². The molecule has 1 rings (SSSR count). The average Bonchev–Trinajstić information content (AvgIpc) is 2.64. The number of hydrogen-bond donors (Lipinski definition) is 1. The maximum Gasteiger partial charge on any atom is 0.319 e. The minimum Gasteiger partial charge on any atom is -0.390 e. The minimum atomic E-state index is -0.0229. The van der Waals surface area contributed by atoms with Gasteiger partial charge in [-0.1, -0.05) is 17.1 Å². The summed E-state index contributed by atoms with van der Waals surface area (Å²) in [5.41, 5.74) is 5.34. The molecule has 7 heteroatoms. The van der Waals surface area contributed by atoms with Gasteiger partial charge in [0.2, 0.25) is 5.91 Å². The average molecular weight is 227 g/mol. The molecule has 7 nitrogen and oxygen atoms in total. The SMILES string of the molecule is CCCN(CC(=O)N(C)C)c1nnc(N)o1. The van der Waals surface area contributed by atoms with E-state index in [0.29, 0.717) is 6.54 Å². The van der Waals surface area contributed by atoms with Gasteiger partial charge in [0.25, 0.3) is 0 Å². The summed E-state index contributed by atoms with van der Waals surface area (Å²) in [6.07, 6.45) is 0.878. The monoisotopic (exact) mass is 227 g/mol. The number of rotatable bonds is 5. The molecule has 0 spiro atoms. The van der Waals surface area contributed by atoms with Crippen LogP contribution in [0.2, 0.25) is 0 Å². The quantitative estimate of drug-likeness (QED) is 0.759. The van der Waals surface area contributed by atoms with Gasteiger partial charge < -0.3 is 20.0 Å². The number of nitrogens with two attached hydrogens (primary N) is 1. The van der Waals surface area contributed by atoms with Crippen LogP contribution in [0.25, 0.3) is 0 Å². The number of carbonyl (C=O) groups is 1. The summed E-state index contributed by atoms with van der Waals surface area (Å²) in [6, 6.07) is 0.294. The lowest BCUT2D eigenvalue weighted by Gasteiger charge is -2.20. The fraction of sp³-hybridized carbons (Fsp3) is 0.667. The van der Waals surface area contributed by atoms with Gasteiger partial charge in [0.05, 0.1) is 0 Å². The van der Waals surface area contributed by atoms with E-state index >= 15 is 0 Å². The summed E-state index contributed by atoms with van der Waals surface area (Å²) in [7, 11) is 3.41. The standard InChI is InChI=1S/C9H17N5O2/c1-4-5-14(6-7(15)13(2)3)9-12-11-8(10)16-9/h4-6H2,1-3H3,(H2,10,11). The van der Waals surface area contributed by atoms with Crippen molar-refractivity contribution < 1.29 is 9.21 Å². The molecule has 0 aliphatic carbocycles. The molecule has 1 amide bonds. The molecule has 1 heterocycles. The maximum absolute atomic E-state index is 11.6. The van der Waals surface area contributed by atoms with Gasteiger partial charge in [0.15, 0.2) is 0 Å². The smallest absolute Gasteiger partial charge is 0.319 e. The van der Waals surface area contributed by atoms with Crippen molar-refractivity contribution in [3.05, 3.63) is 0 Å². The number of nitrogen functional groups attached to an aromatic ring is 1. The van der Waals surface area contributed by atoms with Crippen molar-refractivity contribution in [3.63, 3.8) is 0 Å². The Morgan fingerprint density at radius 1 is 1.44 bits per heavy atom. The minimum absolute atomic E-state index is 0.00778. The second-order valence-electron chi connectivity index (χ2n) is 3.63.